The molecule has 1 fully saturated rings. The molecule has 0 radical (unpaired) electrons. The van der Waals surface area contributed by atoms with Crippen molar-refractivity contribution in [2.24, 2.45) is 0 Å². The standard InChI is InChI=1S/C11H14FNO2/c12-7-10-2-1-4-13(10)11(14)6-9-3-5-15-8-9/h3,5,8,10H,1-2,4,6-7H2. The number of amides is 1. The summed E-state index contributed by atoms with van der Waals surface area (Å²) in [6.45, 7) is 0.252. The molecule has 3 nitrogen and oxygen atoms in total. The van der Waals surface area contributed by atoms with E-state index < -0.39 is 6.67 Å². The van der Waals surface area contributed by atoms with Crippen molar-refractivity contribution in [2.75, 3.05) is 13.2 Å². The molecule has 0 aliphatic carbocycles. The van der Waals surface area contributed by atoms with E-state index in [9.17, 15) is 9.18 Å². The number of rotatable bonds is 3. The second-order valence-electron chi connectivity index (χ2n) is 3.85. The highest BCUT2D eigenvalue weighted by Crippen LogP contribution is 2.19. The first kappa shape index (κ1) is 10.2. The lowest BCUT2D eigenvalue weighted by Crippen LogP contribution is -2.37. The van der Waals surface area contributed by atoms with Gasteiger partial charge < -0.3 is 9.32 Å². The topological polar surface area (TPSA) is 33.5 Å². The molecule has 15 heavy (non-hydrogen) atoms. The molecule has 2 heterocycles. The summed E-state index contributed by atoms with van der Waals surface area (Å²) in [4.78, 5) is 13.4. The van der Waals surface area contributed by atoms with E-state index in [4.69, 9.17) is 4.42 Å². The van der Waals surface area contributed by atoms with E-state index >= 15 is 0 Å². The summed E-state index contributed by atoms with van der Waals surface area (Å²) >= 11 is 0. The van der Waals surface area contributed by atoms with Gasteiger partial charge in [0, 0.05) is 6.54 Å². The monoisotopic (exact) mass is 211 g/mol. The Hall–Kier alpha value is -1.32. The van der Waals surface area contributed by atoms with E-state index in [1.807, 2.05) is 0 Å². The van der Waals surface area contributed by atoms with Gasteiger partial charge in [0.1, 0.15) is 6.67 Å². The van der Waals surface area contributed by atoms with Crippen LogP contribution >= 0.6 is 0 Å². The molecule has 1 aliphatic rings. The Morgan fingerprint density at radius 2 is 2.53 bits per heavy atom. The van der Waals surface area contributed by atoms with E-state index in [0.717, 1.165) is 18.4 Å². The summed E-state index contributed by atoms with van der Waals surface area (Å²) in [7, 11) is 0. The average Bonchev–Trinajstić information content (AvgIpc) is 2.86. The Morgan fingerprint density at radius 1 is 1.67 bits per heavy atom. The molecule has 0 saturated carbocycles. The quantitative estimate of drug-likeness (QED) is 0.763. The molecule has 1 atom stereocenters. The van der Waals surface area contributed by atoms with Crippen molar-refractivity contribution in [1.29, 1.82) is 0 Å². The zero-order chi connectivity index (χ0) is 10.7. The van der Waals surface area contributed by atoms with Crippen LogP contribution in [-0.4, -0.2) is 30.1 Å². The van der Waals surface area contributed by atoms with Crippen molar-refractivity contribution in [2.45, 2.75) is 25.3 Å². The maximum Gasteiger partial charge on any atom is 0.227 e. The lowest BCUT2D eigenvalue weighted by molar-refractivity contribution is -0.131. The van der Waals surface area contributed by atoms with E-state index in [1.54, 1.807) is 23.5 Å². The van der Waals surface area contributed by atoms with Gasteiger partial charge in [-0.3, -0.25) is 4.79 Å². The fraction of sp³-hybridized carbons (Fsp3) is 0.545. The zero-order valence-electron chi connectivity index (χ0n) is 8.49. The minimum absolute atomic E-state index is 0.00319. The van der Waals surface area contributed by atoms with Gasteiger partial charge in [0.15, 0.2) is 0 Å². The number of halogens is 1. The number of hydrogen-bond donors (Lipinski definition) is 0. The number of alkyl halides is 1. The Balaban J connectivity index is 1.96. The number of carbonyl (C=O) groups is 1. The molecule has 4 heteroatoms. The lowest BCUT2D eigenvalue weighted by Gasteiger charge is -2.21. The first-order valence-electron chi connectivity index (χ1n) is 5.18. The highest BCUT2D eigenvalue weighted by atomic mass is 19.1. The molecule has 0 N–H and O–H groups in total. The molecule has 1 aromatic rings. The fourth-order valence-electron chi connectivity index (χ4n) is 1.99. The van der Waals surface area contributed by atoms with Gasteiger partial charge in [0.2, 0.25) is 5.91 Å². The molecular weight excluding hydrogens is 197 g/mol. The number of carbonyl (C=O) groups excluding carboxylic acids is 1. The molecule has 1 unspecified atom stereocenters. The van der Waals surface area contributed by atoms with Gasteiger partial charge in [-0.05, 0) is 24.5 Å². The van der Waals surface area contributed by atoms with Gasteiger partial charge in [-0.2, -0.15) is 0 Å². The summed E-state index contributed by atoms with van der Waals surface area (Å²) in [5.74, 6) is -0.00319. The van der Waals surface area contributed by atoms with Crippen LogP contribution in [0.2, 0.25) is 0 Å². The van der Waals surface area contributed by atoms with Gasteiger partial charge in [-0.1, -0.05) is 0 Å². The Labute approximate surface area is 87.9 Å². The third-order valence-corrected chi connectivity index (χ3v) is 2.81. The Kier molecular flexibility index (Phi) is 3.04. The van der Waals surface area contributed by atoms with Gasteiger partial charge in [-0.25, -0.2) is 4.39 Å². The van der Waals surface area contributed by atoms with Crippen LogP contribution in [0, 0.1) is 0 Å². The Morgan fingerprint density at radius 3 is 3.20 bits per heavy atom. The molecule has 82 valence electrons. The highest BCUT2D eigenvalue weighted by Gasteiger charge is 2.28. The molecule has 0 aromatic carbocycles. The molecule has 0 bridgehead atoms. The molecule has 0 spiro atoms. The highest BCUT2D eigenvalue weighted by molar-refractivity contribution is 5.79. The number of hydrogen-bond acceptors (Lipinski definition) is 2. The zero-order valence-corrected chi connectivity index (χ0v) is 8.49. The predicted molar refractivity (Wildman–Crippen MR) is 53.1 cm³/mol. The van der Waals surface area contributed by atoms with E-state index in [1.165, 1.54) is 0 Å². The van der Waals surface area contributed by atoms with Crippen molar-refractivity contribution in [3.63, 3.8) is 0 Å². The second-order valence-corrected chi connectivity index (χ2v) is 3.85. The smallest absolute Gasteiger partial charge is 0.227 e. The molecule has 1 saturated heterocycles. The first-order chi connectivity index (χ1) is 7.31. The number of likely N-dealkylation sites (tertiary alicyclic amines) is 1. The number of nitrogens with zero attached hydrogens (tertiary/aromatic N) is 1. The van der Waals surface area contributed by atoms with Crippen LogP contribution in [0.15, 0.2) is 23.0 Å². The van der Waals surface area contributed by atoms with Gasteiger partial charge in [-0.15, -0.1) is 0 Å². The van der Waals surface area contributed by atoms with Crippen molar-refractivity contribution in [3.8, 4) is 0 Å². The third-order valence-electron chi connectivity index (χ3n) is 2.81. The predicted octanol–water partition coefficient (Wildman–Crippen LogP) is 1.78. The second kappa shape index (κ2) is 4.47. The molecule has 1 aliphatic heterocycles. The maximum absolute atomic E-state index is 12.6. The van der Waals surface area contributed by atoms with E-state index in [-0.39, 0.29) is 11.9 Å². The molecule has 1 amide bonds. The SMILES string of the molecule is O=C(Cc1ccoc1)N1CCCC1CF. The lowest BCUT2D eigenvalue weighted by atomic mass is 10.2. The van der Waals surface area contributed by atoms with Crippen molar-refractivity contribution >= 4 is 5.91 Å². The third kappa shape index (κ3) is 2.19. The molecular formula is C11H14FNO2. The summed E-state index contributed by atoms with van der Waals surface area (Å²) in [5, 5.41) is 0. The fourth-order valence-corrected chi connectivity index (χ4v) is 1.99. The minimum Gasteiger partial charge on any atom is -0.472 e. The van der Waals surface area contributed by atoms with Crippen LogP contribution in [0.5, 0.6) is 0 Å². The van der Waals surface area contributed by atoms with Crippen LogP contribution in [0.1, 0.15) is 18.4 Å². The first-order valence-corrected chi connectivity index (χ1v) is 5.18. The summed E-state index contributed by atoms with van der Waals surface area (Å²) in [6.07, 6.45) is 5.10. The largest absolute Gasteiger partial charge is 0.472 e. The van der Waals surface area contributed by atoms with Gasteiger partial charge in [0.25, 0.3) is 0 Å². The Bertz CT molecular complexity index is 323. The summed E-state index contributed by atoms with van der Waals surface area (Å²) in [5.41, 5.74) is 0.851. The number of furan rings is 1. The van der Waals surface area contributed by atoms with Crippen molar-refractivity contribution in [3.05, 3.63) is 24.2 Å². The van der Waals surface area contributed by atoms with E-state index in [2.05, 4.69) is 0 Å². The van der Waals surface area contributed by atoms with Crippen molar-refractivity contribution < 1.29 is 13.6 Å². The minimum atomic E-state index is -0.433. The average molecular weight is 211 g/mol. The van der Waals surface area contributed by atoms with Crippen molar-refractivity contribution in [1.82, 2.24) is 4.90 Å². The normalized spacial score (nSPS) is 20.9. The van der Waals surface area contributed by atoms with E-state index in [0.29, 0.717) is 13.0 Å². The molecule has 2 rings (SSSR count). The van der Waals surface area contributed by atoms with Crippen LogP contribution < -0.4 is 0 Å². The van der Waals surface area contributed by atoms with Crippen LogP contribution in [0.3, 0.4) is 0 Å². The molecule has 1 aromatic heterocycles. The van der Waals surface area contributed by atoms with Gasteiger partial charge in [0.05, 0.1) is 25.0 Å². The van der Waals surface area contributed by atoms with Gasteiger partial charge >= 0.3 is 0 Å². The van der Waals surface area contributed by atoms with Crippen LogP contribution in [0.4, 0.5) is 4.39 Å². The van der Waals surface area contributed by atoms with Crippen LogP contribution in [0.25, 0.3) is 0 Å². The maximum atomic E-state index is 12.6. The summed E-state index contributed by atoms with van der Waals surface area (Å²) in [6, 6.07) is 1.56. The summed E-state index contributed by atoms with van der Waals surface area (Å²) < 4.78 is 17.5. The van der Waals surface area contributed by atoms with Crippen LogP contribution in [-0.2, 0) is 11.2 Å².